The first kappa shape index (κ1) is 19.8. The molecule has 2 aromatic rings. The van der Waals surface area contributed by atoms with Gasteiger partial charge in [-0.25, -0.2) is 0 Å². The largest absolute Gasteiger partial charge is 0.497 e. The summed E-state index contributed by atoms with van der Waals surface area (Å²) >= 11 is 0. The average Bonchev–Trinajstić information content (AvgIpc) is 2.64. The maximum Gasteiger partial charge on any atom is 0.258 e. The molecular formula is C22H29NO3. The van der Waals surface area contributed by atoms with E-state index in [0.29, 0.717) is 0 Å². The number of rotatable bonds is 7. The molecule has 0 fully saturated rings. The molecule has 0 heterocycles. The molecule has 0 radical (unpaired) electrons. The molecule has 0 spiro atoms. The van der Waals surface area contributed by atoms with Crippen LogP contribution in [-0.4, -0.2) is 19.6 Å². The molecule has 0 aliphatic rings. The van der Waals surface area contributed by atoms with Crippen LogP contribution in [0.5, 0.6) is 11.5 Å². The van der Waals surface area contributed by atoms with Crippen LogP contribution in [0.2, 0.25) is 0 Å². The van der Waals surface area contributed by atoms with Crippen LogP contribution in [0.1, 0.15) is 51.3 Å². The van der Waals surface area contributed by atoms with Crippen LogP contribution in [0.3, 0.4) is 0 Å². The third-order valence-corrected chi connectivity index (χ3v) is 4.32. The van der Waals surface area contributed by atoms with Crippen molar-refractivity contribution in [3.8, 4) is 11.5 Å². The molecule has 2 rings (SSSR count). The number of para-hydroxylation sites is 1. The van der Waals surface area contributed by atoms with E-state index >= 15 is 0 Å². The van der Waals surface area contributed by atoms with Crippen molar-refractivity contribution in [3.05, 3.63) is 59.7 Å². The Morgan fingerprint density at radius 2 is 1.73 bits per heavy atom. The van der Waals surface area contributed by atoms with E-state index < -0.39 is 0 Å². The van der Waals surface area contributed by atoms with E-state index in [1.807, 2.05) is 55.5 Å². The van der Waals surface area contributed by atoms with Crippen LogP contribution in [0, 0.1) is 0 Å². The van der Waals surface area contributed by atoms with E-state index in [1.165, 1.54) is 0 Å². The van der Waals surface area contributed by atoms with Crippen molar-refractivity contribution < 1.29 is 14.3 Å². The molecule has 140 valence electrons. The second kappa shape index (κ2) is 8.75. The zero-order chi connectivity index (χ0) is 19.2. The average molecular weight is 355 g/mol. The Morgan fingerprint density at radius 3 is 2.31 bits per heavy atom. The summed E-state index contributed by atoms with van der Waals surface area (Å²) in [6.45, 7) is 8.44. The number of amides is 1. The predicted octanol–water partition coefficient (Wildman–Crippen LogP) is 4.64. The van der Waals surface area contributed by atoms with E-state index in [1.54, 1.807) is 7.11 Å². The van der Waals surface area contributed by atoms with Gasteiger partial charge in [-0.1, -0.05) is 58.0 Å². The number of hydrogen-bond acceptors (Lipinski definition) is 3. The fourth-order valence-corrected chi connectivity index (χ4v) is 2.85. The molecule has 2 aromatic carbocycles. The Kier molecular flexibility index (Phi) is 6.67. The van der Waals surface area contributed by atoms with E-state index in [4.69, 9.17) is 9.47 Å². The number of ether oxygens (including phenoxy) is 2. The van der Waals surface area contributed by atoms with Gasteiger partial charge >= 0.3 is 0 Å². The third kappa shape index (κ3) is 5.25. The predicted molar refractivity (Wildman–Crippen MR) is 105 cm³/mol. The van der Waals surface area contributed by atoms with Gasteiger partial charge in [0.15, 0.2) is 6.61 Å². The number of benzene rings is 2. The molecule has 4 nitrogen and oxygen atoms in total. The zero-order valence-electron chi connectivity index (χ0n) is 16.3. The van der Waals surface area contributed by atoms with Gasteiger partial charge in [-0.3, -0.25) is 4.79 Å². The maximum atomic E-state index is 12.4. The summed E-state index contributed by atoms with van der Waals surface area (Å²) in [5, 5.41) is 3.04. The number of carbonyl (C=O) groups is 1. The lowest BCUT2D eigenvalue weighted by Crippen LogP contribution is -2.32. The van der Waals surface area contributed by atoms with Crippen LogP contribution < -0.4 is 14.8 Å². The first-order valence-electron chi connectivity index (χ1n) is 9.00. The molecule has 0 unspecified atom stereocenters. The summed E-state index contributed by atoms with van der Waals surface area (Å²) in [4.78, 5) is 12.4. The molecule has 26 heavy (non-hydrogen) atoms. The van der Waals surface area contributed by atoms with Crippen molar-refractivity contribution in [2.45, 2.75) is 45.6 Å². The molecule has 0 saturated carbocycles. The molecule has 1 amide bonds. The Balaban J connectivity index is 1.99. The molecular weight excluding hydrogens is 326 g/mol. The summed E-state index contributed by atoms with van der Waals surface area (Å²) in [5.41, 5.74) is 2.11. The van der Waals surface area contributed by atoms with Crippen LogP contribution in [-0.2, 0) is 10.2 Å². The molecule has 1 atom stereocenters. The van der Waals surface area contributed by atoms with Crippen molar-refractivity contribution in [3.63, 3.8) is 0 Å². The van der Waals surface area contributed by atoms with Gasteiger partial charge < -0.3 is 14.8 Å². The highest BCUT2D eigenvalue weighted by molar-refractivity contribution is 5.78. The van der Waals surface area contributed by atoms with Gasteiger partial charge in [-0.2, -0.15) is 0 Å². The lowest BCUT2D eigenvalue weighted by atomic mass is 9.86. The highest BCUT2D eigenvalue weighted by Crippen LogP contribution is 2.30. The SMILES string of the molecule is CC[C@@H](NC(=O)COc1ccccc1C(C)(C)C)c1ccc(OC)cc1. The second-order valence-electron chi connectivity index (χ2n) is 7.34. The van der Waals surface area contributed by atoms with Gasteiger partial charge in [0.25, 0.3) is 5.91 Å². The number of hydrogen-bond donors (Lipinski definition) is 1. The third-order valence-electron chi connectivity index (χ3n) is 4.32. The maximum absolute atomic E-state index is 12.4. The summed E-state index contributed by atoms with van der Waals surface area (Å²) in [6.07, 6.45) is 0.802. The van der Waals surface area contributed by atoms with E-state index in [-0.39, 0.29) is 24.0 Å². The Labute approximate surface area is 156 Å². The quantitative estimate of drug-likeness (QED) is 0.787. The van der Waals surface area contributed by atoms with Crippen LogP contribution in [0.4, 0.5) is 0 Å². The summed E-state index contributed by atoms with van der Waals surface area (Å²) < 4.78 is 11.0. The molecule has 0 aliphatic carbocycles. The first-order chi connectivity index (χ1) is 12.3. The van der Waals surface area contributed by atoms with Gasteiger partial charge in [-0.05, 0) is 41.2 Å². The lowest BCUT2D eigenvalue weighted by molar-refractivity contribution is -0.123. The normalized spacial score (nSPS) is 12.3. The van der Waals surface area contributed by atoms with Crippen LogP contribution in [0.15, 0.2) is 48.5 Å². The van der Waals surface area contributed by atoms with E-state index in [9.17, 15) is 4.79 Å². The van der Waals surface area contributed by atoms with Gasteiger partial charge in [-0.15, -0.1) is 0 Å². The minimum absolute atomic E-state index is 0.000250. The first-order valence-corrected chi connectivity index (χ1v) is 9.00. The minimum Gasteiger partial charge on any atom is -0.497 e. The lowest BCUT2D eigenvalue weighted by Gasteiger charge is -2.23. The van der Waals surface area contributed by atoms with E-state index in [2.05, 4.69) is 26.1 Å². The highest BCUT2D eigenvalue weighted by Gasteiger charge is 2.19. The van der Waals surface area contributed by atoms with Gasteiger partial charge in [0, 0.05) is 0 Å². The van der Waals surface area contributed by atoms with E-state index in [0.717, 1.165) is 29.0 Å². The van der Waals surface area contributed by atoms with Crippen molar-refractivity contribution >= 4 is 5.91 Å². The smallest absolute Gasteiger partial charge is 0.258 e. The summed E-state index contributed by atoms with van der Waals surface area (Å²) in [6, 6.07) is 15.6. The minimum atomic E-state index is -0.128. The highest BCUT2D eigenvalue weighted by atomic mass is 16.5. The van der Waals surface area contributed by atoms with Crippen molar-refractivity contribution in [1.29, 1.82) is 0 Å². The molecule has 1 N–H and O–H groups in total. The van der Waals surface area contributed by atoms with Gasteiger partial charge in [0.1, 0.15) is 11.5 Å². The Hall–Kier alpha value is -2.49. The molecule has 4 heteroatoms. The van der Waals surface area contributed by atoms with Gasteiger partial charge in [0.2, 0.25) is 0 Å². The fraction of sp³-hybridized carbons (Fsp3) is 0.409. The van der Waals surface area contributed by atoms with Crippen molar-refractivity contribution in [1.82, 2.24) is 5.32 Å². The fourth-order valence-electron chi connectivity index (χ4n) is 2.85. The molecule has 0 bridgehead atoms. The monoisotopic (exact) mass is 355 g/mol. The number of carbonyl (C=O) groups excluding carboxylic acids is 1. The van der Waals surface area contributed by atoms with Gasteiger partial charge in [0.05, 0.1) is 13.2 Å². The molecule has 0 saturated heterocycles. The Bertz CT molecular complexity index is 717. The summed E-state index contributed by atoms with van der Waals surface area (Å²) in [7, 11) is 1.64. The van der Waals surface area contributed by atoms with Crippen molar-refractivity contribution in [2.24, 2.45) is 0 Å². The van der Waals surface area contributed by atoms with Crippen LogP contribution >= 0.6 is 0 Å². The Morgan fingerprint density at radius 1 is 1.08 bits per heavy atom. The number of nitrogens with one attached hydrogen (secondary N) is 1. The van der Waals surface area contributed by atoms with Crippen molar-refractivity contribution in [2.75, 3.05) is 13.7 Å². The number of methoxy groups -OCH3 is 1. The molecule has 0 aliphatic heterocycles. The standard InChI is InChI=1S/C22H29NO3/c1-6-19(16-11-13-17(25-5)14-12-16)23-21(24)15-26-20-10-8-7-9-18(20)22(2,3)4/h7-14,19H,6,15H2,1-5H3,(H,23,24)/t19-/m1/s1. The second-order valence-corrected chi connectivity index (χ2v) is 7.34. The summed E-state index contributed by atoms with van der Waals surface area (Å²) in [5.74, 6) is 1.43. The topological polar surface area (TPSA) is 47.6 Å². The molecule has 0 aromatic heterocycles. The zero-order valence-corrected chi connectivity index (χ0v) is 16.3. The van der Waals surface area contributed by atoms with Crippen LogP contribution in [0.25, 0.3) is 0 Å².